The second kappa shape index (κ2) is 8.29. The number of fused-ring (bicyclic) bond motifs is 1. The Morgan fingerprint density at radius 1 is 1.00 bits per heavy atom. The van der Waals surface area contributed by atoms with E-state index in [4.69, 9.17) is 0 Å². The van der Waals surface area contributed by atoms with Crippen LogP contribution in [-0.2, 0) is 0 Å². The summed E-state index contributed by atoms with van der Waals surface area (Å²) in [5.41, 5.74) is 1.08. The summed E-state index contributed by atoms with van der Waals surface area (Å²) >= 11 is 0. The molecule has 1 aliphatic rings. The lowest BCUT2D eigenvalue weighted by Crippen LogP contribution is -2.30. The van der Waals surface area contributed by atoms with Crippen molar-refractivity contribution >= 4 is 28.8 Å². The summed E-state index contributed by atoms with van der Waals surface area (Å²) in [7, 11) is 0. The highest BCUT2D eigenvalue weighted by atomic mass is 79.9. The molecule has 2 amide bonds. The molecule has 1 heterocycles. The number of unbranched alkanes of at least 4 members (excludes halogenated alkanes) is 2. The Bertz CT molecular complexity index is 468. The van der Waals surface area contributed by atoms with Crippen LogP contribution in [0.5, 0.6) is 0 Å². The number of carbonyl (C=O) groups is 2. The van der Waals surface area contributed by atoms with Crippen molar-refractivity contribution < 1.29 is 9.59 Å². The molecule has 5 heteroatoms. The van der Waals surface area contributed by atoms with Crippen LogP contribution in [0.25, 0.3) is 0 Å². The number of hydrogen-bond acceptors (Lipinski definition) is 3. The SMILES string of the molecule is Br.CC(C)NCCCCCN1C(=O)c2ccccc2C1=O. The monoisotopic (exact) mass is 354 g/mol. The molecule has 21 heavy (non-hydrogen) atoms. The lowest BCUT2D eigenvalue weighted by Gasteiger charge is -2.13. The van der Waals surface area contributed by atoms with Gasteiger partial charge < -0.3 is 5.32 Å². The minimum absolute atomic E-state index is 0. The summed E-state index contributed by atoms with van der Waals surface area (Å²) < 4.78 is 0. The molecule has 0 spiro atoms. The van der Waals surface area contributed by atoms with Gasteiger partial charge in [-0.05, 0) is 31.5 Å². The van der Waals surface area contributed by atoms with E-state index in [9.17, 15) is 9.59 Å². The van der Waals surface area contributed by atoms with Crippen LogP contribution in [0.15, 0.2) is 24.3 Å². The number of nitrogens with zero attached hydrogens (tertiary/aromatic N) is 1. The number of nitrogens with one attached hydrogen (secondary N) is 1. The summed E-state index contributed by atoms with van der Waals surface area (Å²) in [6.07, 6.45) is 2.96. The number of hydrogen-bond donors (Lipinski definition) is 1. The van der Waals surface area contributed by atoms with Crippen LogP contribution in [0.1, 0.15) is 53.8 Å². The first-order valence-electron chi connectivity index (χ1n) is 7.30. The van der Waals surface area contributed by atoms with Gasteiger partial charge in [-0.1, -0.05) is 32.4 Å². The Balaban J connectivity index is 0.00000220. The molecule has 0 saturated carbocycles. The lowest BCUT2D eigenvalue weighted by atomic mass is 10.1. The Morgan fingerprint density at radius 3 is 2.10 bits per heavy atom. The van der Waals surface area contributed by atoms with E-state index >= 15 is 0 Å². The third-order valence-electron chi connectivity index (χ3n) is 3.49. The fourth-order valence-corrected chi connectivity index (χ4v) is 2.40. The van der Waals surface area contributed by atoms with Gasteiger partial charge in [-0.25, -0.2) is 0 Å². The Morgan fingerprint density at radius 2 is 1.57 bits per heavy atom. The fraction of sp³-hybridized carbons (Fsp3) is 0.500. The molecule has 0 aromatic heterocycles. The van der Waals surface area contributed by atoms with Crippen LogP contribution < -0.4 is 5.32 Å². The van der Waals surface area contributed by atoms with Gasteiger partial charge >= 0.3 is 0 Å². The number of halogens is 1. The molecular weight excluding hydrogens is 332 g/mol. The van der Waals surface area contributed by atoms with E-state index in [1.54, 1.807) is 24.3 Å². The van der Waals surface area contributed by atoms with E-state index in [1.807, 2.05) is 0 Å². The highest BCUT2D eigenvalue weighted by Crippen LogP contribution is 2.22. The van der Waals surface area contributed by atoms with Crippen LogP contribution in [-0.4, -0.2) is 35.8 Å². The quantitative estimate of drug-likeness (QED) is 0.604. The van der Waals surface area contributed by atoms with Gasteiger partial charge in [-0.2, -0.15) is 0 Å². The molecule has 0 fully saturated rings. The molecule has 0 unspecified atom stereocenters. The zero-order valence-corrected chi connectivity index (χ0v) is 14.3. The van der Waals surface area contributed by atoms with Gasteiger partial charge in [0.15, 0.2) is 0 Å². The summed E-state index contributed by atoms with van der Waals surface area (Å²) in [5, 5.41) is 3.36. The molecule has 0 saturated heterocycles. The maximum atomic E-state index is 12.1. The van der Waals surface area contributed by atoms with Crippen molar-refractivity contribution in [3.8, 4) is 0 Å². The van der Waals surface area contributed by atoms with Crippen LogP contribution in [0.2, 0.25) is 0 Å². The largest absolute Gasteiger partial charge is 0.315 e. The number of rotatable bonds is 7. The highest BCUT2D eigenvalue weighted by molar-refractivity contribution is 8.93. The molecule has 1 aliphatic heterocycles. The fourth-order valence-electron chi connectivity index (χ4n) is 2.40. The molecule has 0 atom stereocenters. The van der Waals surface area contributed by atoms with Gasteiger partial charge in [0.1, 0.15) is 0 Å². The molecule has 116 valence electrons. The van der Waals surface area contributed by atoms with Crippen molar-refractivity contribution in [2.75, 3.05) is 13.1 Å². The summed E-state index contributed by atoms with van der Waals surface area (Å²) in [6.45, 7) is 5.76. The first-order chi connectivity index (χ1) is 9.61. The van der Waals surface area contributed by atoms with Gasteiger partial charge in [0.05, 0.1) is 11.1 Å². The Hall–Kier alpha value is -1.20. The van der Waals surface area contributed by atoms with E-state index in [-0.39, 0.29) is 28.8 Å². The molecule has 0 radical (unpaired) electrons. The van der Waals surface area contributed by atoms with Gasteiger partial charge in [-0.3, -0.25) is 14.5 Å². The lowest BCUT2D eigenvalue weighted by molar-refractivity contribution is 0.0651. The average molecular weight is 355 g/mol. The average Bonchev–Trinajstić information content (AvgIpc) is 2.67. The summed E-state index contributed by atoms with van der Waals surface area (Å²) in [6, 6.07) is 7.55. The van der Waals surface area contributed by atoms with E-state index in [0.717, 1.165) is 25.8 Å². The molecule has 1 N–H and O–H groups in total. The van der Waals surface area contributed by atoms with E-state index in [2.05, 4.69) is 19.2 Å². The molecule has 1 aromatic rings. The van der Waals surface area contributed by atoms with Crippen molar-refractivity contribution in [1.82, 2.24) is 10.2 Å². The first kappa shape index (κ1) is 17.9. The zero-order chi connectivity index (χ0) is 14.5. The zero-order valence-electron chi connectivity index (χ0n) is 12.6. The number of amides is 2. The van der Waals surface area contributed by atoms with Crippen molar-refractivity contribution in [2.24, 2.45) is 0 Å². The smallest absolute Gasteiger partial charge is 0.261 e. The van der Waals surface area contributed by atoms with Gasteiger partial charge in [0.25, 0.3) is 11.8 Å². The van der Waals surface area contributed by atoms with Gasteiger partial charge in [-0.15, -0.1) is 17.0 Å². The number of imide groups is 1. The third-order valence-corrected chi connectivity index (χ3v) is 3.49. The standard InChI is InChI=1S/C16H22N2O2.BrH/c1-12(2)17-10-6-3-7-11-18-15(19)13-8-4-5-9-14(13)16(18)20;/h4-5,8-9,12,17H,3,6-7,10-11H2,1-2H3;1H. The summed E-state index contributed by atoms with van der Waals surface area (Å²) in [5.74, 6) is -0.295. The van der Waals surface area contributed by atoms with Crippen LogP contribution >= 0.6 is 17.0 Å². The summed E-state index contributed by atoms with van der Waals surface area (Å²) in [4.78, 5) is 25.6. The van der Waals surface area contributed by atoms with Crippen LogP contribution in [0.4, 0.5) is 0 Å². The molecule has 0 bridgehead atoms. The van der Waals surface area contributed by atoms with Crippen molar-refractivity contribution in [3.05, 3.63) is 35.4 Å². The first-order valence-corrected chi connectivity index (χ1v) is 7.30. The van der Waals surface area contributed by atoms with Crippen molar-refractivity contribution in [1.29, 1.82) is 0 Å². The minimum atomic E-state index is -0.147. The predicted octanol–water partition coefficient (Wildman–Crippen LogP) is 3.03. The van der Waals surface area contributed by atoms with E-state index in [1.165, 1.54) is 4.90 Å². The van der Waals surface area contributed by atoms with Crippen molar-refractivity contribution in [3.63, 3.8) is 0 Å². The van der Waals surface area contributed by atoms with Crippen LogP contribution in [0.3, 0.4) is 0 Å². The molecule has 2 rings (SSSR count). The van der Waals surface area contributed by atoms with Gasteiger partial charge in [0, 0.05) is 12.6 Å². The Kier molecular flexibility index (Phi) is 7.05. The molecule has 1 aromatic carbocycles. The second-order valence-corrected chi connectivity index (χ2v) is 5.48. The molecule has 0 aliphatic carbocycles. The van der Waals surface area contributed by atoms with Crippen molar-refractivity contribution in [2.45, 2.75) is 39.2 Å². The normalized spacial score (nSPS) is 13.6. The topological polar surface area (TPSA) is 49.4 Å². The maximum absolute atomic E-state index is 12.1. The van der Waals surface area contributed by atoms with Crippen LogP contribution in [0, 0.1) is 0 Å². The predicted molar refractivity (Wildman–Crippen MR) is 89.1 cm³/mol. The van der Waals surface area contributed by atoms with E-state index < -0.39 is 0 Å². The number of benzene rings is 1. The number of carbonyl (C=O) groups excluding carboxylic acids is 2. The minimum Gasteiger partial charge on any atom is -0.315 e. The second-order valence-electron chi connectivity index (χ2n) is 5.48. The molecular formula is C16H23BrN2O2. The van der Waals surface area contributed by atoms with Gasteiger partial charge in [0.2, 0.25) is 0 Å². The molecule has 4 nitrogen and oxygen atoms in total. The third kappa shape index (κ3) is 4.38. The highest BCUT2D eigenvalue weighted by Gasteiger charge is 2.34. The Labute approximate surface area is 136 Å². The van der Waals surface area contributed by atoms with E-state index in [0.29, 0.717) is 23.7 Å². The maximum Gasteiger partial charge on any atom is 0.261 e.